The van der Waals surface area contributed by atoms with Gasteiger partial charge in [0.25, 0.3) is 0 Å². The van der Waals surface area contributed by atoms with Crippen molar-refractivity contribution in [2.75, 3.05) is 28.6 Å². The van der Waals surface area contributed by atoms with Gasteiger partial charge in [-0.2, -0.15) is 0 Å². The molecule has 344 valence electrons. The molecule has 3 heterocycles. The molecule has 6 amide bonds. The average molecular weight is 880 g/mol. The minimum Gasteiger partial charge on any atom is -0.357 e. The monoisotopic (exact) mass is 880 g/mol. The number of nitrogens with zero attached hydrogens (tertiary/aromatic N) is 3. The molecule has 3 aliphatic rings. The Bertz CT molecular complexity index is 2030. The van der Waals surface area contributed by atoms with Crippen LogP contribution in [0.25, 0.3) is 0 Å². The molecule has 4 N–H and O–H groups in total. The molecule has 0 aromatic heterocycles. The molecule has 0 aliphatic carbocycles. The largest absolute Gasteiger partial charge is 0.357 e. The van der Waals surface area contributed by atoms with Crippen LogP contribution in [0.5, 0.6) is 0 Å². The Labute approximate surface area is 377 Å². The molecule has 64 heavy (non-hydrogen) atoms. The second-order valence-electron chi connectivity index (χ2n) is 19.5. The van der Waals surface area contributed by atoms with Crippen molar-refractivity contribution >= 4 is 52.5 Å². The first-order valence-electron chi connectivity index (χ1n) is 22.9. The Hall–Kier alpha value is -5.79. The third kappa shape index (κ3) is 10.9. The van der Waals surface area contributed by atoms with Crippen LogP contribution < -0.4 is 26.2 Å². The quantitative estimate of drug-likeness (QED) is 0.137. The first-order valence-corrected chi connectivity index (χ1v) is 22.9. The summed E-state index contributed by atoms with van der Waals surface area (Å²) >= 11 is 0. The third-order valence-electron chi connectivity index (χ3n) is 12.8. The van der Waals surface area contributed by atoms with E-state index in [1.165, 1.54) is 12.1 Å². The van der Waals surface area contributed by atoms with Gasteiger partial charge in [-0.15, -0.1) is 0 Å². The first kappa shape index (κ1) is 47.7. The number of rotatable bonds is 13. The zero-order chi connectivity index (χ0) is 46.5. The van der Waals surface area contributed by atoms with Crippen molar-refractivity contribution in [1.29, 1.82) is 0 Å². The molecule has 0 unspecified atom stereocenters. The predicted octanol–water partition coefficient (Wildman–Crippen LogP) is 7.65. The van der Waals surface area contributed by atoms with Crippen molar-refractivity contribution < 1.29 is 33.2 Å². The molecule has 3 fully saturated rings. The molecule has 14 heteroatoms. The van der Waals surface area contributed by atoms with E-state index in [1.54, 1.807) is 35.8 Å². The molecular weight excluding hydrogens is 814 g/mol. The zero-order valence-electron chi connectivity index (χ0n) is 38.6. The van der Waals surface area contributed by atoms with Crippen LogP contribution in [0.1, 0.15) is 130 Å². The Morgan fingerprint density at radius 1 is 0.578 bits per heavy atom. The number of benzene rings is 3. The molecule has 0 spiro atoms. The van der Waals surface area contributed by atoms with E-state index in [2.05, 4.69) is 26.2 Å². The number of halogens is 1. The maximum atomic E-state index is 14.2. The number of carbonyl (C=O) groups excluding carboxylic acids is 6. The molecule has 0 bridgehead atoms. The van der Waals surface area contributed by atoms with E-state index in [1.807, 2.05) is 90.1 Å². The van der Waals surface area contributed by atoms with Gasteiger partial charge in [0, 0.05) is 43.0 Å². The molecule has 3 aliphatic heterocycles. The number of hydrogen-bond donors (Lipinski definition) is 4. The van der Waals surface area contributed by atoms with Crippen molar-refractivity contribution in [3.8, 4) is 0 Å². The molecule has 3 saturated heterocycles. The van der Waals surface area contributed by atoms with E-state index < -0.39 is 35.0 Å². The molecular formula is C50H66FN7O6. The van der Waals surface area contributed by atoms with Crippen molar-refractivity contribution in [2.24, 2.45) is 10.8 Å². The van der Waals surface area contributed by atoms with Crippen molar-refractivity contribution in [3.63, 3.8) is 0 Å². The average Bonchev–Trinajstić information content (AvgIpc) is 4.05. The summed E-state index contributed by atoms with van der Waals surface area (Å²) in [6.07, 6.45) is 4.53. The van der Waals surface area contributed by atoms with Crippen LogP contribution >= 0.6 is 0 Å². The smallest absolute Gasteiger partial charge is 0.247 e. The highest BCUT2D eigenvalue weighted by Gasteiger charge is 2.44. The van der Waals surface area contributed by atoms with Crippen molar-refractivity contribution in [2.45, 2.75) is 143 Å². The van der Waals surface area contributed by atoms with Gasteiger partial charge in [-0.3, -0.25) is 28.8 Å². The second-order valence-corrected chi connectivity index (χ2v) is 19.5. The first-order chi connectivity index (χ1) is 30.3. The van der Waals surface area contributed by atoms with Gasteiger partial charge < -0.3 is 36.0 Å². The van der Waals surface area contributed by atoms with Crippen LogP contribution in [0.3, 0.4) is 0 Å². The number of likely N-dealkylation sites (tertiary alicyclic amines) is 2. The Morgan fingerprint density at radius 3 is 1.30 bits per heavy atom. The number of carbonyl (C=O) groups is 6. The van der Waals surface area contributed by atoms with Crippen LogP contribution in [0.4, 0.5) is 21.5 Å². The summed E-state index contributed by atoms with van der Waals surface area (Å²) in [7, 11) is 0. The third-order valence-corrected chi connectivity index (χ3v) is 12.8. The van der Waals surface area contributed by atoms with Crippen LogP contribution in [-0.2, 0) is 28.8 Å². The summed E-state index contributed by atoms with van der Waals surface area (Å²) in [5.41, 5.74) is 3.00. The lowest BCUT2D eigenvalue weighted by atomic mass is 9.85. The van der Waals surface area contributed by atoms with Gasteiger partial charge in [0.15, 0.2) is 0 Å². The highest BCUT2D eigenvalue weighted by Crippen LogP contribution is 2.47. The van der Waals surface area contributed by atoms with Crippen LogP contribution in [0.15, 0.2) is 72.8 Å². The summed E-state index contributed by atoms with van der Waals surface area (Å²) in [5.74, 6) is -1.83. The van der Waals surface area contributed by atoms with Gasteiger partial charge in [0.1, 0.15) is 30.0 Å². The van der Waals surface area contributed by atoms with Crippen LogP contribution in [-0.4, -0.2) is 82.5 Å². The zero-order valence-corrected chi connectivity index (χ0v) is 38.6. The summed E-state index contributed by atoms with van der Waals surface area (Å²) < 4.78 is 14.2. The summed E-state index contributed by atoms with van der Waals surface area (Å²) in [6.45, 7) is 15.8. The molecule has 6 rings (SSSR count). The lowest BCUT2D eigenvalue weighted by Crippen LogP contribution is -2.57. The van der Waals surface area contributed by atoms with E-state index in [0.29, 0.717) is 50.1 Å². The summed E-state index contributed by atoms with van der Waals surface area (Å²) in [4.78, 5) is 85.1. The van der Waals surface area contributed by atoms with Crippen molar-refractivity contribution in [3.05, 3.63) is 89.7 Å². The van der Waals surface area contributed by atoms with Crippen LogP contribution in [0.2, 0.25) is 0 Å². The predicted molar refractivity (Wildman–Crippen MR) is 247 cm³/mol. The minimum absolute atomic E-state index is 0.0693. The van der Waals surface area contributed by atoms with Gasteiger partial charge in [0.2, 0.25) is 35.4 Å². The van der Waals surface area contributed by atoms with Gasteiger partial charge >= 0.3 is 0 Å². The van der Waals surface area contributed by atoms with E-state index >= 15 is 0 Å². The van der Waals surface area contributed by atoms with Gasteiger partial charge in [0.05, 0.1) is 12.1 Å². The fourth-order valence-electron chi connectivity index (χ4n) is 9.23. The lowest BCUT2D eigenvalue weighted by molar-refractivity contribution is -0.142. The van der Waals surface area contributed by atoms with Gasteiger partial charge in [-0.05, 0) is 109 Å². The SMILES string of the molecule is CCC(=O)N[C@H](C(=O)N1CCC[C@H]1C(=O)Nc1ccc([C@@H]2CC[C@@H](c3ccc(NC(=O)[C@@H]4CCCN4C(=O)[C@@H](NC(=O)CC)C(C)(C)C)cc3)N2c2ccc(F)cc2)cc1)C(C)(C)C. The van der Waals surface area contributed by atoms with E-state index in [4.69, 9.17) is 0 Å². The fourth-order valence-corrected chi connectivity index (χ4v) is 9.23. The lowest BCUT2D eigenvalue weighted by Gasteiger charge is -2.35. The van der Waals surface area contributed by atoms with Gasteiger partial charge in [-0.1, -0.05) is 79.7 Å². The number of nitrogens with one attached hydrogen (secondary N) is 4. The molecule has 6 atom stereocenters. The molecule has 0 radical (unpaired) electrons. The summed E-state index contributed by atoms with van der Waals surface area (Å²) in [5, 5.41) is 11.8. The highest BCUT2D eigenvalue weighted by molar-refractivity contribution is 6.00. The fraction of sp³-hybridized carbons (Fsp3) is 0.520. The molecule has 3 aromatic rings. The van der Waals surface area contributed by atoms with Gasteiger partial charge in [-0.25, -0.2) is 4.39 Å². The number of hydrogen-bond acceptors (Lipinski definition) is 7. The maximum Gasteiger partial charge on any atom is 0.247 e. The minimum atomic E-state index is -0.757. The second kappa shape index (κ2) is 19.9. The van der Waals surface area contributed by atoms with E-state index in [-0.39, 0.29) is 66.2 Å². The van der Waals surface area contributed by atoms with E-state index in [9.17, 15) is 33.2 Å². The van der Waals surface area contributed by atoms with Crippen LogP contribution in [0, 0.1) is 16.6 Å². The molecule has 0 saturated carbocycles. The highest BCUT2D eigenvalue weighted by atomic mass is 19.1. The van der Waals surface area contributed by atoms with E-state index in [0.717, 1.165) is 29.7 Å². The topological polar surface area (TPSA) is 160 Å². The molecule has 13 nitrogen and oxygen atoms in total. The van der Waals surface area contributed by atoms with Crippen molar-refractivity contribution in [1.82, 2.24) is 20.4 Å². The maximum absolute atomic E-state index is 14.2. The number of anilines is 3. The Morgan fingerprint density at radius 2 is 0.953 bits per heavy atom. The molecule has 3 aromatic carbocycles. The standard InChI is InChI=1S/C50H66FN7O6/c1-9-41(59)54-43(49(3,4)5)47(63)56-29-11-13-39(56)45(61)52-34-21-15-31(16-22-34)37-27-28-38(58(37)36-25-19-33(51)20-26-36)32-17-23-35(24-18-32)53-46(62)40-14-12-30-57(40)48(64)44(50(6,7)8)55-42(60)10-2/h15-26,37-40,43-44H,9-14,27-30H2,1-8H3,(H,52,61)(H,53,62)(H,54,59)(H,55,60)/t37-,38-,39-,40-,43+,44+/m0/s1. The summed E-state index contributed by atoms with van der Waals surface area (Å²) in [6, 6.07) is 18.9. The Balaban J connectivity index is 1.14. The Kier molecular flexibility index (Phi) is 14.9. The number of amides is 6. The normalized spacial score (nSPS) is 21.0.